The zero-order chi connectivity index (χ0) is 22.2. The van der Waals surface area contributed by atoms with E-state index >= 15 is 0 Å². The maximum atomic E-state index is 13.1. The van der Waals surface area contributed by atoms with Crippen LogP contribution in [-0.4, -0.2) is 20.6 Å². The number of fused-ring (bicyclic) bond motifs is 2. The lowest BCUT2D eigenvalue weighted by Crippen LogP contribution is -2.21. The third-order valence-electron chi connectivity index (χ3n) is 5.47. The van der Waals surface area contributed by atoms with Gasteiger partial charge in [-0.05, 0) is 30.2 Å². The molecular formula is C25H19N3O3S. The number of phenolic OH excluding ortho intramolecular Hbond substituents is 1. The molecule has 5 aromatic rings. The summed E-state index contributed by atoms with van der Waals surface area (Å²) >= 11 is 1.20. The SMILES string of the molecule is Cc1c(C(=O)Nc2cccc3c(O)cccc23)sc2ncn(Cc3ccccc3)c(=O)c12. The molecule has 2 heterocycles. The van der Waals surface area contributed by atoms with Crippen molar-refractivity contribution < 1.29 is 9.90 Å². The summed E-state index contributed by atoms with van der Waals surface area (Å²) in [7, 11) is 0. The number of anilines is 1. The first-order valence-corrected chi connectivity index (χ1v) is 10.9. The number of benzene rings is 3. The van der Waals surface area contributed by atoms with Crippen molar-refractivity contribution in [3.63, 3.8) is 0 Å². The van der Waals surface area contributed by atoms with Crippen LogP contribution in [0.2, 0.25) is 0 Å². The molecular weight excluding hydrogens is 422 g/mol. The highest BCUT2D eigenvalue weighted by Crippen LogP contribution is 2.32. The van der Waals surface area contributed by atoms with Gasteiger partial charge in [-0.2, -0.15) is 0 Å². The molecule has 0 fully saturated rings. The van der Waals surface area contributed by atoms with Gasteiger partial charge in [0.2, 0.25) is 0 Å². The molecule has 0 atom stereocenters. The Balaban J connectivity index is 1.52. The van der Waals surface area contributed by atoms with Gasteiger partial charge in [-0.1, -0.05) is 54.6 Å². The lowest BCUT2D eigenvalue weighted by Gasteiger charge is -2.09. The molecule has 2 N–H and O–H groups in total. The van der Waals surface area contributed by atoms with Crippen LogP contribution in [0.3, 0.4) is 0 Å². The number of aromatic hydroxyl groups is 1. The van der Waals surface area contributed by atoms with Crippen LogP contribution >= 0.6 is 11.3 Å². The molecule has 0 bridgehead atoms. The molecule has 0 aliphatic rings. The largest absolute Gasteiger partial charge is 0.507 e. The van der Waals surface area contributed by atoms with Gasteiger partial charge in [0.25, 0.3) is 11.5 Å². The lowest BCUT2D eigenvalue weighted by molar-refractivity contribution is 0.103. The Kier molecular flexibility index (Phi) is 4.95. The van der Waals surface area contributed by atoms with Crippen LogP contribution in [0.5, 0.6) is 5.75 Å². The average Bonchev–Trinajstić information content (AvgIpc) is 3.14. The molecule has 32 heavy (non-hydrogen) atoms. The maximum Gasteiger partial charge on any atom is 0.266 e. The van der Waals surface area contributed by atoms with Crippen LogP contribution in [0, 0.1) is 6.92 Å². The minimum Gasteiger partial charge on any atom is -0.507 e. The predicted molar refractivity (Wildman–Crippen MR) is 128 cm³/mol. The summed E-state index contributed by atoms with van der Waals surface area (Å²) in [4.78, 5) is 31.7. The van der Waals surface area contributed by atoms with Gasteiger partial charge in [-0.25, -0.2) is 4.98 Å². The standard InChI is InChI=1S/C25H19N3O3S/c1-15-21-24(26-14-28(25(21)31)13-16-7-3-2-4-8-16)32-22(15)23(30)27-19-11-5-10-18-17(19)9-6-12-20(18)29/h2-12,14,29H,13H2,1H3,(H,27,30). The molecule has 0 radical (unpaired) electrons. The van der Waals surface area contributed by atoms with Crippen LogP contribution in [0.15, 0.2) is 77.9 Å². The van der Waals surface area contributed by atoms with E-state index in [0.717, 1.165) is 10.9 Å². The highest BCUT2D eigenvalue weighted by molar-refractivity contribution is 7.20. The van der Waals surface area contributed by atoms with Crippen LogP contribution in [0.25, 0.3) is 21.0 Å². The number of carbonyl (C=O) groups excluding carboxylic acids is 1. The number of thiophene rings is 1. The van der Waals surface area contributed by atoms with Crippen molar-refractivity contribution >= 4 is 43.9 Å². The second-order valence-electron chi connectivity index (χ2n) is 7.53. The Labute approximate surface area is 187 Å². The normalized spacial score (nSPS) is 11.2. The number of rotatable bonds is 4. The van der Waals surface area contributed by atoms with Crippen molar-refractivity contribution in [2.75, 3.05) is 5.32 Å². The summed E-state index contributed by atoms with van der Waals surface area (Å²) in [6, 6.07) is 20.2. The number of amides is 1. The Morgan fingerprint density at radius 3 is 2.59 bits per heavy atom. The topological polar surface area (TPSA) is 84.2 Å². The second-order valence-corrected chi connectivity index (χ2v) is 8.53. The number of nitrogens with zero attached hydrogens (tertiary/aromatic N) is 2. The molecule has 1 amide bonds. The summed E-state index contributed by atoms with van der Waals surface area (Å²) in [6.45, 7) is 2.19. The van der Waals surface area contributed by atoms with E-state index in [-0.39, 0.29) is 17.2 Å². The highest BCUT2D eigenvalue weighted by Gasteiger charge is 2.20. The van der Waals surface area contributed by atoms with E-state index in [1.807, 2.05) is 36.4 Å². The van der Waals surface area contributed by atoms with Crippen LogP contribution < -0.4 is 10.9 Å². The van der Waals surface area contributed by atoms with Crippen molar-refractivity contribution in [3.05, 3.63) is 99.4 Å². The Bertz CT molecular complexity index is 1540. The van der Waals surface area contributed by atoms with Gasteiger partial charge in [0.15, 0.2) is 0 Å². The first kappa shape index (κ1) is 20.0. The number of nitrogens with one attached hydrogen (secondary N) is 1. The van der Waals surface area contributed by atoms with Crippen molar-refractivity contribution in [2.24, 2.45) is 0 Å². The lowest BCUT2D eigenvalue weighted by atomic mass is 10.1. The molecule has 0 aliphatic heterocycles. The molecule has 2 aromatic heterocycles. The number of hydrogen-bond donors (Lipinski definition) is 2. The van der Waals surface area contributed by atoms with Crippen LogP contribution in [0.1, 0.15) is 20.8 Å². The molecule has 7 heteroatoms. The van der Waals surface area contributed by atoms with E-state index in [2.05, 4.69) is 10.3 Å². The molecule has 0 aliphatic carbocycles. The van der Waals surface area contributed by atoms with Gasteiger partial charge in [-0.15, -0.1) is 11.3 Å². The molecule has 0 spiro atoms. The smallest absolute Gasteiger partial charge is 0.266 e. The fourth-order valence-electron chi connectivity index (χ4n) is 3.85. The van der Waals surface area contributed by atoms with Gasteiger partial charge < -0.3 is 10.4 Å². The van der Waals surface area contributed by atoms with Gasteiger partial charge >= 0.3 is 0 Å². The molecule has 6 nitrogen and oxygen atoms in total. The quantitative estimate of drug-likeness (QED) is 0.414. The minimum atomic E-state index is -0.310. The Morgan fingerprint density at radius 2 is 1.78 bits per heavy atom. The van der Waals surface area contributed by atoms with E-state index in [1.165, 1.54) is 17.7 Å². The second kappa shape index (κ2) is 7.94. The van der Waals surface area contributed by atoms with Crippen molar-refractivity contribution in [2.45, 2.75) is 13.5 Å². The summed E-state index contributed by atoms with van der Waals surface area (Å²) in [5, 5.41) is 14.9. The number of aryl methyl sites for hydroxylation is 1. The average molecular weight is 442 g/mol. The zero-order valence-electron chi connectivity index (χ0n) is 17.2. The first-order valence-electron chi connectivity index (χ1n) is 10.1. The molecule has 5 rings (SSSR count). The predicted octanol–water partition coefficient (Wildman–Crippen LogP) is 4.93. The maximum absolute atomic E-state index is 13.1. The highest BCUT2D eigenvalue weighted by atomic mass is 32.1. The Morgan fingerprint density at radius 1 is 1.03 bits per heavy atom. The van der Waals surface area contributed by atoms with Crippen molar-refractivity contribution in [3.8, 4) is 5.75 Å². The zero-order valence-corrected chi connectivity index (χ0v) is 18.0. The Hall–Kier alpha value is -3.97. The molecule has 0 unspecified atom stereocenters. The summed E-state index contributed by atoms with van der Waals surface area (Å²) in [5.74, 6) is -0.157. The monoisotopic (exact) mass is 441 g/mol. The molecule has 158 valence electrons. The number of hydrogen-bond acceptors (Lipinski definition) is 5. The third-order valence-corrected chi connectivity index (χ3v) is 6.67. The van der Waals surface area contributed by atoms with Crippen molar-refractivity contribution in [1.29, 1.82) is 0 Å². The van der Waals surface area contributed by atoms with E-state index in [1.54, 1.807) is 41.8 Å². The van der Waals surface area contributed by atoms with E-state index in [4.69, 9.17) is 0 Å². The molecule has 0 saturated carbocycles. The minimum absolute atomic E-state index is 0.153. The summed E-state index contributed by atoms with van der Waals surface area (Å²) < 4.78 is 1.56. The van der Waals surface area contributed by atoms with E-state index in [0.29, 0.717) is 38.3 Å². The van der Waals surface area contributed by atoms with Crippen molar-refractivity contribution in [1.82, 2.24) is 9.55 Å². The number of carbonyl (C=O) groups is 1. The third kappa shape index (κ3) is 3.42. The number of phenols is 1. The van der Waals surface area contributed by atoms with E-state index in [9.17, 15) is 14.7 Å². The fourth-order valence-corrected chi connectivity index (χ4v) is 4.88. The summed E-state index contributed by atoms with van der Waals surface area (Å²) in [6.07, 6.45) is 1.53. The van der Waals surface area contributed by atoms with Gasteiger partial charge in [0.05, 0.1) is 23.1 Å². The van der Waals surface area contributed by atoms with Gasteiger partial charge in [-0.3, -0.25) is 14.2 Å². The van der Waals surface area contributed by atoms with Crippen LogP contribution in [-0.2, 0) is 6.54 Å². The van der Waals surface area contributed by atoms with Crippen LogP contribution in [0.4, 0.5) is 5.69 Å². The van der Waals surface area contributed by atoms with E-state index < -0.39 is 0 Å². The van der Waals surface area contributed by atoms with Gasteiger partial charge in [0, 0.05) is 16.5 Å². The number of aromatic nitrogens is 2. The molecule has 3 aromatic carbocycles. The first-order chi connectivity index (χ1) is 15.5. The van der Waals surface area contributed by atoms with Gasteiger partial charge in [0.1, 0.15) is 10.6 Å². The fraction of sp³-hybridized carbons (Fsp3) is 0.0800. The molecule has 0 saturated heterocycles. The summed E-state index contributed by atoms with van der Waals surface area (Å²) in [5.41, 5.74) is 2.04.